The molecule has 0 atom stereocenters. The van der Waals surface area contributed by atoms with Crippen LogP contribution in [0.25, 0.3) is 0 Å². The summed E-state index contributed by atoms with van der Waals surface area (Å²) in [6, 6.07) is 9.41. The highest BCUT2D eigenvalue weighted by Gasteiger charge is 2.08. The van der Waals surface area contributed by atoms with E-state index in [0.717, 1.165) is 12.0 Å². The molecule has 0 unspecified atom stereocenters. The first-order valence-electron chi connectivity index (χ1n) is 5.08. The number of carbonyl (C=O) groups excluding carboxylic acids is 1. The molecule has 1 aromatic carbocycles. The molecule has 0 aromatic heterocycles. The van der Waals surface area contributed by atoms with Gasteiger partial charge in [0, 0.05) is 5.56 Å². The summed E-state index contributed by atoms with van der Waals surface area (Å²) in [4.78, 5) is 13.0. The van der Waals surface area contributed by atoms with Crippen molar-refractivity contribution in [1.29, 1.82) is 0 Å². The summed E-state index contributed by atoms with van der Waals surface area (Å²) in [6.45, 7) is 6.17. The van der Waals surface area contributed by atoms with Gasteiger partial charge >= 0.3 is 0 Å². The Labute approximate surface area is 95.6 Å². The minimum Gasteiger partial charge on any atom is -0.281 e. The summed E-state index contributed by atoms with van der Waals surface area (Å²) < 4.78 is 0. The van der Waals surface area contributed by atoms with Gasteiger partial charge in [-0.2, -0.15) is 0 Å². The van der Waals surface area contributed by atoms with Gasteiger partial charge in [-0.15, -0.1) is 0 Å². The molecule has 1 aromatic rings. The molecule has 80 valence electrons. The molecule has 0 N–H and O–H groups in total. The lowest BCUT2D eigenvalue weighted by Crippen LogP contribution is -1.94. The quantitative estimate of drug-likeness (QED) is 0.757. The van der Waals surface area contributed by atoms with Crippen molar-refractivity contribution in [3.05, 3.63) is 46.4 Å². The number of thioether (sulfide) groups is 1. The van der Waals surface area contributed by atoms with E-state index in [1.54, 1.807) is 0 Å². The van der Waals surface area contributed by atoms with Gasteiger partial charge in [0.1, 0.15) is 0 Å². The van der Waals surface area contributed by atoms with E-state index in [-0.39, 0.29) is 5.12 Å². The maximum absolute atomic E-state index is 11.8. The molecule has 0 radical (unpaired) electrons. The van der Waals surface area contributed by atoms with Gasteiger partial charge in [-0.1, -0.05) is 54.6 Å². The highest BCUT2D eigenvalue weighted by atomic mass is 32.2. The highest BCUT2D eigenvalue weighted by molar-refractivity contribution is 8.17. The second-order valence-corrected chi connectivity index (χ2v) is 4.60. The van der Waals surface area contributed by atoms with Crippen LogP contribution in [0.4, 0.5) is 0 Å². The van der Waals surface area contributed by atoms with Crippen LogP contribution in [0.1, 0.15) is 37.6 Å². The average molecular weight is 220 g/mol. The Balaban J connectivity index is 2.77. The van der Waals surface area contributed by atoms with E-state index in [2.05, 4.69) is 6.92 Å². The summed E-state index contributed by atoms with van der Waals surface area (Å²) in [5.41, 5.74) is 2.00. The average Bonchev–Trinajstić information content (AvgIpc) is 2.26. The maximum Gasteiger partial charge on any atom is 0.223 e. The van der Waals surface area contributed by atoms with Crippen LogP contribution in [-0.2, 0) is 0 Å². The molecule has 0 aliphatic rings. The summed E-state index contributed by atoms with van der Waals surface area (Å²) in [5, 5.41) is 0.133. The first-order valence-corrected chi connectivity index (χ1v) is 5.90. The predicted molar refractivity (Wildman–Crippen MR) is 67.0 cm³/mol. The first kappa shape index (κ1) is 12.1. The number of carbonyl (C=O) groups is 1. The van der Waals surface area contributed by atoms with E-state index in [4.69, 9.17) is 0 Å². The molecule has 1 nitrogen and oxygen atoms in total. The van der Waals surface area contributed by atoms with Crippen LogP contribution < -0.4 is 0 Å². The third kappa shape index (κ3) is 3.56. The van der Waals surface area contributed by atoms with Crippen molar-refractivity contribution in [3.63, 3.8) is 0 Å². The van der Waals surface area contributed by atoms with Gasteiger partial charge in [-0.25, -0.2) is 0 Å². The predicted octanol–water partition coefficient (Wildman–Crippen LogP) is 4.26. The van der Waals surface area contributed by atoms with Crippen molar-refractivity contribution in [3.8, 4) is 0 Å². The van der Waals surface area contributed by atoms with Crippen LogP contribution in [0.2, 0.25) is 0 Å². The molecule has 15 heavy (non-hydrogen) atoms. The minimum atomic E-state index is 0.133. The van der Waals surface area contributed by atoms with Crippen molar-refractivity contribution >= 4 is 16.9 Å². The summed E-state index contributed by atoms with van der Waals surface area (Å²) >= 11 is 1.35. The van der Waals surface area contributed by atoms with E-state index in [0.29, 0.717) is 0 Å². The zero-order valence-corrected chi connectivity index (χ0v) is 10.2. The number of benzene rings is 1. The Morgan fingerprint density at radius 2 is 1.80 bits per heavy atom. The van der Waals surface area contributed by atoms with Crippen LogP contribution in [0.15, 0.2) is 40.8 Å². The number of rotatable bonds is 3. The fraction of sp³-hybridized carbons (Fsp3) is 0.308. The van der Waals surface area contributed by atoms with E-state index in [1.807, 2.05) is 44.2 Å². The Bertz CT molecular complexity index is 361. The van der Waals surface area contributed by atoms with Crippen molar-refractivity contribution in [1.82, 2.24) is 0 Å². The Kier molecular flexibility index (Phi) is 4.63. The normalized spacial score (nSPS) is 9.80. The number of allylic oxidation sites excluding steroid dienone is 2. The molecule has 0 aliphatic heterocycles. The van der Waals surface area contributed by atoms with Gasteiger partial charge in [-0.05, 0) is 25.2 Å². The lowest BCUT2D eigenvalue weighted by atomic mass is 10.2. The second-order valence-electron chi connectivity index (χ2n) is 3.53. The second kappa shape index (κ2) is 5.76. The topological polar surface area (TPSA) is 17.1 Å². The SMILES string of the molecule is CCC(SC(=O)c1ccccc1)=C(C)C. The lowest BCUT2D eigenvalue weighted by molar-refractivity contribution is 0.108. The van der Waals surface area contributed by atoms with E-state index in [1.165, 1.54) is 22.2 Å². The van der Waals surface area contributed by atoms with E-state index < -0.39 is 0 Å². The lowest BCUT2D eigenvalue weighted by Gasteiger charge is -2.05. The monoisotopic (exact) mass is 220 g/mol. The van der Waals surface area contributed by atoms with Crippen molar-refractivity contribution in [2.75, 3.05) is 0 Å². The zero-order valence-electron chi connectivity index (χ0n) is 9.41. The van der Waals surface area contributed by atoms with Crippen LogP contribution in [0.3, 0.4) is 0 Å². The fourth-order valence-electron chi connectivity index (χ4n) is 1.27. The molecular weight excluding hydrogens is 204 g/mol. The first-order chi connectivity index (χ1) is 7.15. The number of hydrogen-bond acceptors (Lipinski definition) is 2. The molecule has 0 aliphatic carbocycles. The fourth-order valence-corrected chi connectivity index (χ4v) is 2.10. The molecule has 2 heteroatoms. The molecule has 0 heterocycles. The van der Waals surface area contributed by atoms with E-state index >= 15 is 0 Å². The molecule has 0 spiro atoms. The highest BCUT2D eigenvalue weighted by Crippen LogP contribution is 2.26. The molecule has 0 bridgehead atoms. The van der Waals surface area contributed by atoms with Gasteiger partial charge < -0.3 is 0 Å². The number of hydrogen-bond donors (Lipinski definition) is 0. The third-order valence-electron chi connectivity index (χ3n) is 2.10. The summed E-state index contributed by atoms with van der Waals surface area (Å²) in [6.07, 6.45) is 0.922. The molecule has 0 saturated carbocycles. The van der Waals surface area contributed by atoms with Crippen molar-refractivity contribution < 1.29 is 4.79 Å². The van der Waals surface area contributed by atoms with Crippen molar-refractivity contribution in [2.45, 2.75) is 27.2 Å². The Hall–Kier alpha value is -1.02. The smallest absolute Gasteiger partial charge is 0.223 e. The maximum atomic E-state index is 11.8. The standard InChI is InChI=1S/C13H16OS/c1-4-12(10(2)3)15-13(14)11-8-6-5-7-9-11/h5-9H,4H2,1-3H3. The third-order valence-corrected chi connectivity index (χ3v) is 3.47. The molecule has 1 rings (SSSR count). The summed E-state index contributed by atoms with van der Waals surface area (Å²) in [7, 11) is 0. The zero-order chi connectivity index (χ0) is 11.3. The Morgan fingerprint density at radius 1 is 1.20 bits per heavy atom. The van der Waals surface area contributed by atoms with Gasteiger partial charge in [-0.3, -0.25) is 4.79 Å². The van der Waals surface area contributed by atoms with Gasteiger partial charge in [0.2, 0.25) is 5.12 Å². The van der Waals surface area contributed by atoms with Crippen LogP contribution in [0.5, 0.6) is 0 Å². The van der Waals surface area contributed by atoms with Crippen LogP contribution in [-0.4, -0.2) is 5.12 Å². The molecule has 0 saturated heterocycles. The minimum absolute atomic E-state index is 0.133. The van der Waals surface area contributed by atoms with E-state index in [9.17, 15) is 4.79 Å². The van der Waals surface area contributed by atoms with Crippen molar-refractivity contribution in [2.24, 2.45) is 0 Å². The van der Waals surface area contributed by atoms with Crippen LogP contribution >= 0.6 is 11.8 Å². The largest absolute Gasteiger partial charge is 0.281 e. The van der Waals surface area contributed by atoms with Gasteiger partial charge in [0.25, 0.3) is 0 Å². The molecule has 0 amide bonds. The van der Waals surface area contributed by atoms with Gasteiger partial charge in [0.15, 0.2) is 0 Å². The van der Waals surface area contributed by atoms with Gasteiger partial charge in [0.05, 0.1) is 0 Å². The molecule has 0 fully saturated rings. The Morgan fingerprint density at radius 3 is 2.27 bits per heavy atom. The van der Waals surface area contributed by atoms with Crippen LogP contribution in [0, 0.1) is 0 Å². The summed E-state index contributed by atoms with van der Waals surface area (Å²) in [5.74, 6) is 0. The molecular formula is C13H16OS.